The Morgan fingerprint density at radius 2 is 2.06 bits per heavy atom. The molecule has 0 atom stereocenters. The summed E-state index contributed by atoms with van der Waals surface area (Å²) in [6.07, 6.45) is 1.85. The molecule has 0 unspecified atom stereocenters. The van der Waals surface area contributed by atoms with Crippen LogP contribution in [0.3, 0.4) is 0 Å². The van der Waals surface area contributed by atoms with Crippen LogP contribution in [0.25, 0.3) is 5.69 Å². The molecule has 2 aromatic rings. The van der Waals surface area contributed by atoms with Crippen LogP contribution in [-0.2, 0) is 21.1 Å². The summed E-state index contributed by atoms with van der Waals surface area (Å²) in [6, 6.07) is 8.79. The first-order valence-electron chi connectivity index (χ1n) is 4.79. The molecule has 0 aliphatic heterocycles. The first-order chi connectivity index (χ1) is 7.22. The zero-order valence-electron chi connectivity index (χ0n) is 9.43. The summed E-state index contributed by atoms with van der Waals surface area (Å²) in [5.41, 5.74) is 3.25. The normalized spacial score (nSPS) is 9.69. The molecular formula is C12H13N2OPt-. The standard InChI is InChI=1S/C12H13N2O.Pt/c1-9-8-13-14(10(9)2)11-4-6-12(15-3)7-5-11;/h4,6-8H,1-3H3;/q-1;. The van der Waals surface area contributed by atoms with Crippen LogP contribution in [0.15, 0.2) is 24.4 Å². The van der Waals surface area contributed by atoms with E-state index in [-0.39, 0.29) is 21.1 Å². The summed E-state index contributed by atoms with van der Waals surface area (Å²) in [5.74, 6) is 0.806. The number of ether oxygens (including phenoxy) is 1. The molecule has 0 N–H and O–H groups in total. The number of hydrogen-bond donors (Lipinski definition) is 0. The number of methoxy groups -OCH3 is 1. The summed E-state index contributed by atoms with van der Waals surface area (Å²) in [6.45, 7) is 4.09. The maximum absolute atomic E-state index is 5.08. The monoisotopic (exact) mass is 396 g/mol. The molecule has 0 amide bonds. The van der Waals surface area contributed by atoms with Gasteiger partial charge < -0.3 is 4.74 Å². The van der Waals surface area contributed by atoms with Crippen molar-refractivity contribution >= 4 is 0 Å². The van der Waals surface area contributed by atoms with Gasteiger partial charge in [-0.05, 0) is 25.1 Å². The van der Waals surface area contributed by atoms with Gasteiger partial charge >= 0.3 is 0 Å². The van der Waals surface area contributed by atoms with Gasteiger partial charge in [0.15, 0.2) is 0 Å². The molecule has 0 spiro atoms. The predicted octanol–water partition coefficient (Wildman–Crippen LogP) is 2.30. The Kier molecular flexibility index (Phi) is 4.31. The second-order valence-corrected chi connectivity index (χ2v) is 3.44. The molecule has 0 radical (unpaired) electrons. The molecule has 3 nitrogen and oxygen atoms in total. The van der Waals surface area contributed by atoms with Gasteiger partial charge in [-0.25, -0.2) is 0 Å². The second kappa shape index (κ2) is 5.31. The molecule has 1 heterocycles. The minimum atomic E-state index is 0. The molecule has 0 fully saturated rings. The Hall–Kier alpha value is -1.08. The molecule has 1 aromatic carbocycles. The van der Waals surface area contributed by atoms with Crippen molar-refractivity contribution in [2.75, 3.05) is 7.11 Å². The molecule has 1 aromatic heterocycles. The maximum atomic E-state index is 5.08. The minimum Gasteiger partial charge on any atom is -0.554 e. The van der Waals surface area contributed by atoms with E-state index in [1.807, 2.05) is 42.9 Å². The van der Waals surface area contributed by atoms with E-state index < -0.39 is 0 Å². The maximum Gasteiger partial charge on any atom is 0.0606 e. The van der Waals surface area contributed by atoms with E-state index in [4.69, 9.17) is 4.74 Å². The van der Waals surface area contributed by atoms with Crippen LogP contribution in [0.2, 0.25) is 0 Å². The molecule has 88 valence electrons. The molecule has 0 saturated heterocycles. The number of aryl methyl sites for hydroxylation is 1. The van der Waals surface area contributed by atoms with Gasteiger partial charge in [-0.3, -0.25) is 4.68 Å². The van der Waals surface area contributed by atoms with Crippen molar-refractivity contribution in [3.05, 3.63) is 41.7 Å². The van der Waals surface area contributed by atoms with E-state index >= 15 is 0 Å². The molecule has 16 heavy (non-hydrogen) atoms. The Balaban J connectivity index is 0.00000128. The van der Waals surface area contributed by atoms with Crippen molar-refractivity contribution in [2.45, 2.75) is 13.8 Å². The van der Waals surface area contributed by atoms with Crippen molar-refractivity contribution in [2.24, 2.45) is 0 Å². The molecule has 4 heteroatoms. The first kappa shape index (κ1) is 13.0. The number of benzene rings is 1. The zero-order chi connectivity index (χ0) is 10.8. The van der Waals surface area contributed by atoms with Crippen LogP contribution in [0.4, 0.5) is 0 Å². The number of nitrogens with zero attached hydrogens (tertiary/aromatic N) is 2. The van der Waals surface area contributed by atoms with Crippen LogP contribution in [0.1, 0.15) is 11.3 Å². The number of aromatic nitrogens is 2. The summed E-state index contributed by atoms with van der Waals surface area (Å²) in [5, 5.41) is 4.29. The summed E-state index contributed by atoms with van der Waals surface area (Å²) in [7, 11) is 1.64. The predicted molar refractivity (Wildman–Crippen MR) is 58.4 cm³/mol. The Morgan fingerprint density at radius 3 is 2.50 bits per heavy atom. The molecule has 2 rings (SSSR count). The van der Waals surface area contributed by atoms with Crippen molar-refractivity contribution in [1.29, 1.82) is 0 Å². The van der Waals surface area contributed by atoms with Crippen LogP contribution >= 0.6 is 0 Å². The van der Waals surface area contributed by atoms with Gasteiger partial charge in [0.25, 0.3) is 0 Å². The fourth-order valence-electron chi connectivity index (χ4n) is 1.40. The van der Waals surface area contributed by atoms with E-state index in [0.717, 1.165) is 17.1 Å². The smallest absolute Gasteiger partial charge is 0.0606 e. The van der Waals surface area contributed by atoms with E-state index in [2.05, 4.69) is 11.2 Å². The number of rotatable bonds is 2. The van der Waals surface area contributed by atoms with Crippen molar-refractivity contribution in [3.63, 3.8) is 0 Å². The largest absolute Gasteiger partial charge is 0.554 e. The fourth-order valence-corrected chi connectivity index (χ4v) is 1.40. The first-order valence-corrected chi connectivity index (χ1v) is 4.79. The molecular weight excluding hydrogens is 383 g/mol. The molecule has 0 aliphatic rings. The van der Waals surface area contributed by atoms with Crippen LogP contribution in [0.5, 0.6) is 5.75 Å². The Morgan fingerprint density at radius 1 is 1.31 bits per heavy atom. The van der Waals surface area contributed by atoms with Gasteiger partial charge in [-0.15, -0.1) is 18.2 Å². The summed E-state index contributed by atoms with van der Waals surface area (Å²) >= 11 is 0. The van der Waals surface area contributed by atoms with Gasteiger partial charge in [0, 0.05) is 32.5 Å². The third-order valence-corrected chi connectivity index (χ3v) is 2.49. The summed E-state index contributed by atoms with van der Waals surface area (Å²) in [4.78, 5) is 0. The number of hydrogen-bond acceptors (Lipinski definition) is 2. The minimum absolute atomic E-state index is 0. The van der Waals surface area contributed by atoms with Gasteiger partial charge in [0.1, 0.15) is 0 Å². The van der Waals surface area contributed by atoms with Crippen molar-refractivity contribution in [1.82, 2.24) is 9.78 Å². The summed E-state index contributed by atoms with van der Waals surface area (Å²) < 4.78 is 6.95. The molecule has 0 bridgehead atoms. The van der Waals surface area contributed by atoms with E-state index in [0.29, 0.717) is 0 Å². The Bertz CT molecular complexity index is 462. The van der Waals surface area contributed by atoms with Crippen molar-refractivity contribution < 1.29 is 25.8 Å². The average molecular weight is 396 g/mol. The van der Waals surface area contributed by atoms with Crippen molar-refractivity contribution in [3.8, 4) is 11.4 Å². The van der Waals surface area contributed by atoms with Gasteiger partial charge in [0.2, 0.25) is 0 Å². The van der Waals surface area contributed by atoms with E-state index in [1.165, 1.54) is 5.56 Å². The topological polar surface area (TPSA) is 27.1 Å². The third kappa shape index (κ3) is 2.35. The van der Waals surface area contributed by atoms with Crippen LogP contribution < -0.4 is 4.74 Å². The fraction of sp³-hybridized carbons (Fsp3) is 0.250. The van der Waals surface area contributed by atoms with Crippen LogP contribution in [0, 0.1) is 19.9 Å². The quantitative estimate of drug-likeness (QED) is 0.729. The van der Waals surface area contributed by atoms with Gasteiger partial charge in [-0.2, -0.15) is 11.2 Å². The van der Waals surface area contributed by atoms with E-state index in [9.17, 15) is 0 Å². The molecule has 0 aliphatic carbocycles. The molecule has 0 saturated carbocycles. The van der Waals surface area contributed by atoms with Gasteiger partial charge in [-0.1, -0.05) is 0 Å². The van der Waals surface area contributed by atoms with Crippen LogP contribution in [-0.4, -0.2) is 16.9 Å². The Labute approximate surface area is 110 Å². The van der Waals surface area contributed by atoms with E-state index in [1.54, 1.807) is 7.11 Å². The van der Waals surface area contributed by atoms with Gasteiger partial charge in [0.05, 0.1) is 13.3 Å². The zero-order valence-corrected chi connectivity index (χ0v) is 11.7. The SMILES string of the molecule is COc1c[c-]c(-n2ncc(C)c2C)cc1.[Pt]. The third-order valence-electron chi connectivity index (χ3n) is 2.49. The average Bonchev–Trinajstić information content (AvgIpc) is 2.60. The second-order valence-electron chi connectivity index (χ2n) is 3.44.